The number of rotatable bonds is 6. The lowest BCUT2D eigenvalue weighted by atomic mass is 10.2. The average Bonchev–Trinajstić information content (AvgIpc) is 2.55. The summed E-state index contributed by atoms with van der Waals surface area (Å²) in [6.07, 6.45) is 1.34. The van der Waals surface area contributed by atoms with Gasteiger partial charge in [-0.2, -0.15) is 5.10 Å². The van der Waals surface area contributed by atoms with E-state index in [0.717, 1.165) is 0 Å². The van der Waals surface area contributed by atoms with Crippen molar-refractivity contribution in [1.82, 2.24) is 5.43 Å². The maximum absolute atomic E-state index is 12.7. The molecule has 0 bridgehead atoms. The number of hydrogen-bond acceptors (Lipinski definition) is 5. The van der Waals surface area contributed by atoms with Gasteiger partial charge in [-0.25, -0.2) is 9.82 Å². The minimum Gasteiger partial charge on any atom is -0.477 e. The zero-order valence-electron chi connectivity index (χ0n) is 12.7. The van der Waals surface area contributed by atoms with Crippen LogP contribution >= 0.6 is 0 Å². The number of carbonyl (C=O) groups excluding carboxylic acids is 1. The molecule has 7 nitrogen and oxygen atoms in total. The second-order valence-corrected chi connectivity index (χ2v) is 4.86. The van der Waals surface area contributed by atoms with Crippen molar-refractivity contribution < 1.29 is 18.8 Å². The Morgan fingerprint density at radius 2 is 2.04 bits per heavy atom. The van der Waals surface area contributed by atoms with Gasteiger partial charge in [-0.15, -0.1) is 0 Å². The summed E-state index contributed by atoms with van der Waals surface area (Å²) in [5.41, 5.74) is 3.32. The summed E-state index contributed by atoms with van der Waals surface area (Å²) in [5.74, 6) is -0.948. The summed E-state index contributed by atoms with van der Waals surface area (Å²) < 4.78 is 17.9. The molecule has 0 aromatic heterocycles. The molecule has 0 aliphatic carbocycles. The molecule has 2 aromatic rings. The predicted octanol–water partition coefficient (Wildman–Crippen LogP) is 2.57. The Morgan fingerprint density at radius 1 is 1.33 bits per heavy atom. The molecule has 0 saturated carbocycles. The van der Waals surface area contributed by atoms with Gasteiger partial charge in [0.1, 0.15) is 5.82 Å². The number of aryl methyl sites for hydroxylation is 1. The molecule has 0 unspecified atom stereocenters. The second kappa shape index (κ2) is 7.82. The summed E-state index contributed by atoms with van der Waals surface area (Å²) in [5, 5.41) is 14.6. The standard InChI is InChI=1S/C16H14FN3O4/c1-11-2-7-15(14(8-11)20(22)23)24-10-16(21)19-18-9-12-3-5-13(17)6-4-12/h2-9H,10H2,1H3,(H,19,21)/b18-9+. The molecule has 0 saturated heterocycles. The number of halogens is 1. The van der Waals surface area contributed by atoms with Crippen LogP contribution < -0.4 is 10.2 Å². The molecule has 2 rings (SSSR count). The zero-order valence-corrected chi connectivity index (χ0v) is 12.7. The van der Waals surface area contributed by atoms with E-state index in [1.54, 1.807) is 13.0 Å². The molecule has 8 heteroatoms. The first-order valence-electron chi connectivity index (χ1n) is 6.91. The quantitative estimate of drug-likeness (QED) is 0.500. The lowest BCUT2D eigenvalue weighted by molar-refractivity contribution is -0.385. The Bertz CT molecular complexity index is 775. The highest BCUT2D eigenvalue weighted by Gasteiger charge is 2.16. The van der Waals surface area contributed by atoms with E-state index in [0.29, 0.717) is 11.1 Å². The third kappa shape index (κ3) is 4.87. The van der Waals surface area contributed by atoms with Gasteiger partial charge in [0.15, 0.2) is 12.4 Å². The molecule has 0 fully saturated rings. The van der Waals surface area contributed by atoms with Crippen LogP contribution in [0.25, 0.3) is 0 Å². The van der Waals surface area contributed by atoms with E-state index in [1.165, 1.54) is 42.6 Å². The van der Waals surface area contributed by atoms with Crippen LogP contribution in [-0.2, 0) is 4.79 Å². The van der Waals surface area contributed by atoms with Crippen molar-refractivity contribution in [2.75, 3.05) is 6.61 Å². The highest BCUT2D eigenvalue weighted by molar-refractivity contribution is 5.82. The fraction of sp³-hybridized carbons (Fsp3) is 0.125. The van der Waals surface area contributed by atoms with E-state index in [1.807, 2.05) is 0 Å². The average molecular weight is 331 g/mol. The molecule has 24 heavy (non-hydrogen) atoms. The maximum Gasteiger partial charge on any atom is 0.311 e. The molecule has 0 spiro atoms. The number of nitrogens with zero attached hydrogens (tertiary/aromatic N) is 2. The van der Waals surface area contributed by atoms with Crippen LogP contribution in [0.1, 0.15) is 11.1 Å². The number of ether oxygens (including phenoxy) is 1. The lowest BCUT2D eigenvalue weighted by Crippen LogP contribution is -2.24. The number of hydrogen-bond donors (Lipinski definition) is 1. The Kier molecular flexibility index (Phi) is 5.56. The van der Waals surface area contributed by atoms with E-state index in [-0.39, 0.29) is 17.3 Å². The van der Waals surface area contributed by atoms with E-state index < -0.39 is 17.4 Å². The number of carbonyl (C=O) groups is 1. The van der Waals surface area contributed by atoms with Crippen molar-refractivity contribution in [2.24, 2.45) is 5.10 Å². The van der Waals surface area contributed by atoms with Gasteiger partial charge in [-0.1, -0.05) is 18.2 Å². The monoisotopic (exact) mass is 331 g/mol. The summed E-state index contributed by atoms with van der Waals surface area (Å²) in [7, 11) is 0. The Hall–Kier alpha value is -3.29. The summed E-state index contributed by atoms with van der Waals surface area (Å²) >= 11 is 0. The lowest BCUT2D eigenvalue weighted by Gasteiger charge is -2.06. The van der Waals surface area contributed by atoms with Crippen LogP contribution in [0.2, 0.25) is 0 Å². The molecule has 0 atom stereocenters. The molecule has 1 N–H and O–H groups in total. The first-order valence-corrected chi connectivity index (χ1v) is 6.91. The fourth-order valence-corrected chi connectivity index (χ4v) is 1.80. The normalized spacial score (nSPS) is 10.6. The van der Waals surface area contributed by atoms with Gasteiger partial charge in [0.2, 0.25) is 0 Å². The number of nitrogens with one attached hydrogen (secondary N) is 1. The fourth-order valence-electron chi connectivity index (χ4n) is 1.80. The zero-order chi connectivity index (χ0) is 17.5. The summed E-state index contributed by atoms with van der Waals surface area (Å²) in [6.45, 7) is 1.29. The van der Waals surface area contributed by atoms with Crippen LogP contribution in [0.15, 0.2) is 47.6 Å². The Labute approximate surface area is 136 Å². The van der Waals surface area contributed by atoms with E-state index >= 15 is 0 Å². The van der Waals surface area contributed by atoms with Crippen LogP contribution in [0.4, 0.5) is 10.1 Å². The molecular weight excluding hydrogens is 317 g/mol. The smallest absolute Gasteiger partial charge is 0.311 e. The van der Waals surface area contributed by atoms with Gasteiger partial charge in [0, 0.05) is 6.07 Å². The summed E-state index contributed by atoms with van der Waals surface area (Å²) in [6, 6.07) is 9.97. The van der Waals surface area contributed by atoms with E-state index in [4.69, 9.17) is 4.74 Å². The van der Waals surface area contributed by atoms with Gasteiger partial charge < -0.3 is 4.74 Å². The third-order valence-corrected chi connectivity index (χ3v) is 2.94. The molecule has 0 radical (unpaired) electrons. The first kappa shape index (κ1) is 17.1. The molecule has 0 heterocycles. The van der Waals surface area contributed by atoms with Gasteiger partial charge in [0.25, 0.3) is 5.91 Å². The van der Waals surface area contributed by atoms with Gasteiger partial charge in [-0.05, 0) is 36.2 Å². The van der Waals surface area contributed by atoms with Crippen molar-refractivity contribution >= 4 is 17.8 Å². The molecule has 2 aromatic carbocycles. The predicted molar refractivity (Wildman–Crippen MR) is 85.5 cm³/mol. The topological polar surface area (TPSA) is 93.8 Å². The number of amides is 1. The van der Waals surface area contributed by atoms with E-state index in [2.05, 4.69) is 10.5 Å². The molecule has 124 valence electrons. The minimum absolute atomic E-state index is 0.00302. The largest absolute Gasteiger partial charge is 0.477 e. The minimum atomic E-state index is -0.580. The Balaban J connectivity index is 1.89. The van der Waals surface area contributed by atoms with Crippen molar-refractivity contribution in [3.63, 3.8) is 0 Å². The maximum atomic E-state index is 12.7. The first-order chi connectivity index (χ1) is 11.5. The number of nitro benzene ring substituents is 1. The number of nitro groups is 1. The van der Waals surface area contributed by atoms with Crippen molar-refractivity contribution in [3.8, 4) is 5.75 Å². The molecular formula is C16H14FN3O4. The highest BCUT2D eigenvalue weighted by atomic mass is 19.1. The number of hydrazone groups is 1. The highest BCUT2D eigenvalue weighted by Crippen LogP contribution is 2.27. The summed E-state index contributed by atoms with van der Waals surface area (Å²) in [4.78, 5) is 22.0. The third-order valence-electron chi connectivity index (χ3n) is 2.94. The van der Waals surface area contributed by atoms with Gasteiger partial charge >= 0.3 is 5.69 Å². The van der Waals surface area contributed by atoms with Crippen LogP contribution in [-0.4, -0.2) is 23.7 Å². The van der Waals surface area contributed by atoms with Crippen LogP contribution in [0, 0.1) is 22.9 Å². The van der Waals surface area contributed by atoms with Crippen LogP contribution in [0.5, 0.6) is 5.75 Å². The van der Waals surface area contributed by atoms with Gasteiger partial charge in [-0.3, -0.25) is 14.9 Å². The molecule has 0 aliphatic rings. The molecule has 0 aliphatic heterocycles. The van der Waals surface area contributed by atoms with Crippen molar-refractivity contribution in [3.05, 3.63) is 69.5 Å². The van der Waals surface area contributed by atoms with Crippen molar-refractivity contribution in [2.45, 2.75) is 6.92 Å². The number of benzene rings is 2. The van der Waals surface area contributed by atoms with Crippen LogP contribution in [0.3, 0.4) is 0 Å². The Morgan fingerprint density at radius 3 is 2.71 bits per heavy atom. The second-order valence-electron chi connectivity index (χ2n) is 4.86. The SMILES string of the molecule is Cc1ccc(OCC(=O)N/N=C/c2ccc(F)cc2)c([N+](=O)[O-])c1. The van der Waals surface area contributed by atoms with Crippen molar-refractivity contribution in [1.29, 1.82) is 0 Å². The molecule has 1 amide bonds. The van der Waals surface area contributed by atoms with Gasteiger partial charge in [0.05, 0.1) is 11.1 Å². The van der Waals surface area contributed by atoms with E-state index in [9.17, 15) is 19.3 Å².